The van der Waals surface area contributed by atoms with Crippen LogP contribution in [-0.4, -0.2) is 36.3 Å². The van der Waals surface area contributed by atoms with E-state index in [-0.39, 0.29) is 18.4 Å². The second-order valence-electron chi connectivity index (χ2n) is 4.84. The molecule has 20 heavy (non-hydrogen) atoms. The molecule has 2 aromatic heterocycles. The molecule has 0 spiro atoms. The van der Waals surface area contributed by atoms with Crippen LogP contribution in [0.15, 0.2) is 18.5 Å². The molecule has 1 aliphatic carbocycles. The van der Waals surface area contributed by atoms with Gasteiger partial charge in [0, 0.05) is 11.8 Å². The van der Waals surface area contributed by atoms with Crippen LogP contribution < -0.4 is 0 Å². The Morgan fingerprint density at radius 3 is 2.95 bits per heavy atom. The zero-order valence-corrected chi connectivity index (χ0v) is 10.5. The number of carbonyl (C=O) groups is 1. The van der Waals surface area contributed by atoms with Gasteiger partial charge in [0.05, 0.1) is 18.7 Å². The first-order valence-corrected chi connectivity index (χ1v) is 6.25. The van der Waals surface area contributed by atoms with E-state index < -0.39 is 11.8 Å². The molecule has 0 bridgehead atoms. The maximum Gasteiger partial charge on any atom is 0.305 e. The number of carboxylic acid groups (broad SMARTS) is 1. The molecule has 1 fully saturated rings. The van der Waals surface area contributed by atoms with E-state index >= 15 is 0 Å². The molecule has 3 rings (SSSR count). The number of nitrogens with zero attached hydrogens (tertiary/aromatic N) is 5. The molecule has 8 heteroatoms. The number of tetrazole rings is 1. The summed E-state index contributed by atoms with van der Waals surface area (Å²) in [7, 11) is 0. The Morgan fingerprint density at radius 1 is 1.50 bits per heavy atom. The number of rotatable bonds is 5. The summed E-state index contributed by atoms with van der Waals surface area (Å²) in [5.74, 6) is -0.788. The monoisotopic (exact) mass is 277 g/mol. The number of aliphatic carboxylic acids is 1. The van der Waals surface area contributed by atoms with E-state index in [4.69, 9.17) is 5.11 Å². The molecule has 0 radical (unpaired) electrons. The Bertz CT molecular complexity index is 640. The van der Waals surface area contributed by atoms with Crippen LogP contribution >= 0.6 is 0 Å². The second kappa shape index (κ2) is 4.95. The molecule has 1 atom stereocenters. The van der Waals surface area contributed by atoms with Crippen molar-refractivity contribution in [1.29, 1.82) is 0 Å². The van der Waals surface area contributed by atoms with E-state index in [9.17, 15) is 9.18 Å². The van der Waals surface area contributed by atoms with Gasteiger partial charge in [0.1, 0.15) is 5.82 Å². The standard InChI is InChI=1S/C12H12FN5O2/c13-9-3-8(5-14-6-9)12-15-16-17-18(12)10(4-11(19)20)7-1-2-7/h3,5-7,10H,1-2,4H2,(H,19,20). The van der Waals surface area contributed by atoms with E-state index in [2.05, 4.69) is 20.5 Å². The Balaban J connectivity index is 1.98. The minimum absolute atomic E-state index is 0.0501. The number of pyridine rings is 1. The summed E-state index contributed by atoms with van der Waals surface area (Å²) in [6.45, 7) is 0. The zero-order chi connectivity index (χ0) is 14.1. The second-order valence-corrected chi connectivity index (χ2v) is 4.84. The fourth-order valence-electron chi connectivity index (χ4n) is 2.25. The summed E-state index contributed by atoms with van der Waals surface area (Å²) in [5.41, 5.74) is 0.436. The third-order valence-electron chi connectivity index (χ3n) is 3.32. The molecule has 7 nitrogen and oxygen atoms in total. The fourth-order valence-corrected chi connectivity index (χ4v) is 2.25. The van der Waals surface area contributed by atoms with E-state index in [1.54, 1.807) is 0 Å². The topological polar surface area (TPSA) is 93.8 Å². The molecule has 0 saturated heterocycles. The summed E-state index contributed by atoms with van der Waals surface area (Å²) < 4.78 is 14.7. The Morgan fingerprint density at radius 2 is 2.30 bits per heavy atom. The first kappa shape index (κ1) is 12.6. The lowest BCUT2D eigenvalue weighted by molar-refractivity contribution is -0.138. The zero-order valence-electron chi connectivity index (χ0n) is 10.5. The highest BCUT2D eigenvalue weighted by atomic mass is 19.1. The molecule has 2 heterocycles. The van der Waals surface area contributed by atoms with Crippen LogP contribution in [0.5, 0.6) is 0 Å². The maximum atomic E-state index is 13.2. The van der Waals surface area contributed by atoms with Crippen LogP contribution in [0.3, 0.4) is 0 Å². The van der Waals surface area contributed by atoms with Gasteiger partial charge in [0.2, 0.25) is 0 Å². The number of halogens is 1. The average molecular weight is 277 g/mol. The molecule has 1 unspecified atom stereocenters. The number of aromatic nitrogens is 5. The number of hydrogen-bond donors (Lipinski definition) is 1. The van der Waals surface area contributed by atoms with Crippen molar-refractivity contribution < 1.29 is 14.3 Å². The van der Waals surface area contributed by atoms with Gasteiger partial charge in [-0.1, -0.05) is 0 Å². The highest BCUT2D eigenvalue weighted by molar-refractivity contribution is 5.67. The molecule has 104 valence electrons. The van der Waals surface area contributed by atoms with Crippen LogP contribution in [0, 0.1) is 11.7 Å². The molecule has 0 aromatic carbocycles. The lowest BCUT2D eigenvalue weighted by atomic mass is 10.1. The molecular formula is C12H12FN5O2. The molecule has 0 amide bonds. The highest BCUT2D eigenvalue weighted by Crippen LogP contribution is 2.42. The fraction of sp³-hybridized carbons (Fsp3) is 0.417. The van der Waals surface area contributed by atoms with Crippen LogP contribution in [0.4, 0.5) is 4.39 Å². The Hall–Kier alpha value is -2.38. The SMILES string of the molecule is O=C(O)CC(C1CC1)n1nnnc1-c1cncc(F)c1. The Kier molecular flexibility index (Phi) is 3.13. The molecule has 1 aliphatic rings. The van der Waals surface area contributed by atoms with Gasteiger partial charge >= 0.3 is 5.97 Å². The summed E-state index contributed by atoms with van der Waals surface area (Å²) in [4.78, 5) is 14.7. The van der Waals surface area contributed by atoms with Gasteiger partial charge in [-0.3, -0.25) is 9.78 Å². The third-order valence-corrected chi connectivity index (χ3v) is 3.32. The average Bonchev–Trinajstić information content (AvgIpc) is 3.12. The third kappa shape index (κ3) is 2.49. The van der Waals surface area contributed by atoms with Crippen molar-refractivity contribution in [1.82, 2.24) is 25.2 Å². The molecule has 1 saturated carbocycles. The number of hydrogen-bond acceptors (Lipinski definition) is 5. The van der Waals surface area contributed by atoms with Crippen LogP contribution in [0.1, 0.15) is 25.3 Å². The largest absolute Gasteiger partial charge is 0.481 e. The van der Waals surface area contributed by atoms with E-state index in [1.807, 2.05) is 0 Å². The van der Waals surface area contributed by atoms with Gasteiger partial charge in [-0.2, -0.15) is 0 Å². The van der Waals surface area contributed by atoms with Gasteiger partial charge in [0.15, 0.2) is 5.82 Å². The van der Waals surface area contributed by atoms with Gasteiger partial charge in [-0.25, -0.2) is 9.07 Å². The summed E-state index contributed by atoms with van der Waals surface area (Å²) in [5, 5.41) is 20.3. The maximum absolute atomic E-state index is 13.2. The molecule has 0 aliphatic heterocycles. The highest BCUT2D eigenvalue weighted by Gasteiger charge is 2.36. The summed E-state index contributed by atoms with van der Waals surface area (Å²) in [6, 6.07) is 0.973. The lowest BCUT2D eigenvalue weighted by Gasteiger charge is -2.15. The van der Waals surface area contributed by atoms with Crippen molar-refractivity contribution in [3.8, 4) is 11.4 Å². The van der Waals surface area contributed by atoms with E-state index in [0.29, 0.717) is 11.4 Å². The first-order chi connectivity index (χ1) is 9.65. The smallest absolute Gasteiger partial charge is 0.305 e. The van der Waals surface area contributed by atoms with Crippen molar-refractivity contribution in [2.24, 2.45) is 5.92 Å². The van der Waals surface area contributed by atoms with Crippen molar-refractivity contribution in [3.05, 3.63) is 24.3 Å². The summed E-state index contributed by atoms with van der Waals surface area (Å²) in [6.07, 6.45) is 4.41. The predicted octanol–water partition coefficient (Wildman–Crippen LogP) is 1.30. The van der Waals surface area contributed by atoms with Crippen LogP contribution in [0.25, 0.3) is 11.4 Å². The van der Waals surface area contributed by atoms with Crippen molar-refractivity contribution in [3.63, 3.8) is 0 Å². The molecule has 1 N–H and O–H groups in total. The van der Waals surface area contributed by atoms with Crippen LogP contribution in [0.2, 0.25) is 0 Å². The van der Waals surface area contributed by atoms with E-state index in [0.717, 1.165) is 19.0 Å². The quantitative estimate of drug-likeness (QED) is 0.885. The molecular weight excluding hydrogens is 265 g/mol. The van der Waals surface area contributed by atoms with Crippen molar-refractivity contribution in [2.75, 3.05) is 0 Å². The summed E-state index contributed by atoms with van der Waals surface area (Å²) >= 11 is 0. The predicted molar refractivity (Wildman–Crippen MR) is 65.0 cm³/mol. The Labute approximate surface area is 113 Å². The normalized spacial score (nSPS) is 16.1. The number of carboxylic acids is 1. The van der Waals surface area contributed by atoms with Gasteiger partial charge in [0.25, 0.3) is 0 Å². The van der Waals surface area contributed by atoms with Crippen molar-refractivity contribution >= 4 is 5.97 Å². The minimum Gasteiger partial charge on any atom is -0.481 e. The van der Waals surface area contributed by atoms with Gasteiger partial charge in [-0.15, -0.1) is 5.10 Å². The van der Waals surface area contributed by atoms with Gasteiger partial charge in [-0.05, 0) is 35.3 Å². The molecule has 2 aromatic rings. The van der Waals surface area contributed by atoms with Gasteiger partial charge < -0.3 is 5.11 Å². The first-order valence-electron chi connectivity index (χ1n) is 6.25. The lowest BCUT2D eigenvalue weighted by Crippen LogP contribution is -2.18. The minimum atomic E-state index is -0.902. The van der Waals surface area contributed by atoms with E-state index in [1.165, 1.54) is 16.9 Å². The van der Waals surface area contributed by atoms with Crippen molar-refractivity contribution in [2.45, 2.75) is 25.3 Å². The van der Waals surface area contributed by atoms with Crippen LogP contribution in [-0.2, 0) is 4.79 Å².